The fourth-order valence-corrected chi connectivity index (χ4v) is 2.22. The second-order valence-corrected chi connectivity index (χ2v) is 4.52. The Morgan fingerprint density at radius 1 is 0.941 bits per heavy atom. The summed E-state index contributed by atoms with van der Waals surface area (Å²) in [6.07, 6.45) is 2.99. The van der Waals surface area contributed by atoms with Gasteiger partial charge >= 0.3 is 0 Å². The molecule has 0 bridgehead atoms. The number of fused-ring (bicyclic) bond motifs is 1. The van der Waals surface area contributed by atoms with Crippen LogP contribution in [0, 0.1) is 6.92 Å². The fraction of sp³-hybridized carbons (Fsp3) is 0.125. The molecule has 1 heterocycles. The molecule has 17 heavy (non-hydrogen) atoms. The number of hydrogen-bond acceptors (Lipinski definition) is 0. The molecule has 0 saturated carbocycles. The van der Waals surface area contributed by atoms with Crippen LogP contribution in [-0.4, -0.2) is 4.98 Å². The molecule has 1 nitrogen and oxygen atoms in total. The van der Waals surface area contributed by atoms with Gasteiger partial charge in [-0.3, -0.25) is 0 Å². The Hall–Kier alpha value is -2.02. The Morgan fingerprint density at radius 3 is 2.59 bits per heavy atom. The van der Waals surface area contributed by atoms with Crippen LogP contribution in [0.4, 0.5) is 0 Å². The molecular weight excluding hydrogens is 206 g/mol. The zero-order valence-corrected chi connectivity index (χ0v) is 9.90. The molecule has 0 aliphatic heterocycles. The third-order valence-corrected chi connectivity index (χ3v) is 3.19. The molecule has 0 spiro atoms. The zero-order chi connectivity index (χ0) is 11.7. The smallest absolute Gasteiger partial charge is 0.0489 e. The summed E-state index contributed by atoms with van der Waals surface area (Å²) in [6, 6.07) is 17.3. The summed E-state index contributed by atoms with van der Waals surface area (Å²) in [5, 5.41) is 1.29. The number of nitrogens with one attached hydrogen (secondary N) is 1. The molecule has 0 saturated heterocycles. The largest absolute Gasteiger partial charge is 0.361 e. The van der Waals surface area contributed by atoms with Gasteiger partial charge in [0.1, 0.15) is 0 Å². The van der Waals surface area contributed by atoms with Crippen LogP contribution in [0.1, 0.15) is 16.7 Å². The zero-order valence-electron chi connectivity index (χ0n) is 9.90. The van der Waals surface area contributed by atoms with Crippen LogP contribution in [-0.2, 0) is 6.42 Å². The minimum absolute atomic E-state index is 0.984. The second-order valence-electron chi connectivity index (χ2n) is 4.52. The van der Waals surface area contributed by atoms with Crippen molar-refractivity contribution in [3.05, 3.63) is 71.4 Å². The Balaban J connectivity index is 1.99. The van der Waals surface area contributed by atoms with Crippen LogP contribution >= 0.6 is 0 Å². The maximum Gasteiger partial charge on any atom is 0.0489 e. The van der Waals surface area contributed by atoms with Crippen molar-refractivity contribution in [2.24, 2.45) is 0 Å². The van der Waals surface area contributed by atoms with E-state index in [2.05, 4.69) is 60.4 Å². The van der Waals surface area contributed by atoms with Gasteiger partial charge in [0.15, 0.2) is 0 Å². The summed E-state index contributed by atoms with van der Waals surface area (Å²) in [5.41, 5.74) is 5.29. The summed E-state index contributed by atoms with van der Waals surface area (Å²) in [5.74, 6) is 0. The van der Waals surface area contributed by atoms with Gasteiger partial charge in [0.2, 0.25) is 0 Å². The predicted molar refractivity (Wildman–Crippen MR) is 72.3 cm³/mol. The minimum atomic E-state index is 0.984. The summed E-state index contributed by atoms with van der Waals surface area (Å²) in [7, 11) is 0. The highest BCUT2D eigenvalue weighted by Crippen LogP contribution is 2.20. The van der Waals surface area contributed by atoms with Crippen molar-refractivity contribution in [1.29, 1.82) is 0 Å². The summed E-state index contributed by atoms with van der Waals surface area (Å²) >= 11 is 0. The molecule has 0 unspecified atom stereocenters. The van der Waals surface area contributed by atoms with Gasteiger partial charge in [-0.05, 0) is 35.9 Å². The van der Waals surface area contributed by atoms with E-state index in [0.717, 1.165) is 6.42 Å². The van der Waals surface area contributed by atoms with Crippen molar-refractivity contribution in [2.45, 2.75) is 13.3 Å². The van der Waals surface area contributed by atoms with E-state index in [1.807, 2.05) is 6.20 Å². The van der Waals surface area contributed by atoms with Crippen molar-refractivity contribution in [1.82, 2.24) is 4.98 Å². The summed E-state index contributed by atoms with van der Waals surface area (Å²) < 4.78 is 0. The van der Waals surface area contributed by atoms with Gasteiger partial charge < -0.3 is 4.98 Å². The highest BCUT2D eigenvalue weighted by Gasteiger charge is 2.02. The van der Waals surface area contributed by atoms with Gasteiger partial charge in [-0.25, -0.2) is 0 Å². The number of aryl methyl sites for hydroxylation is 1. The molecule has 84 valence electrons. The van der Waals surface area contributed by atoms with Gasteiger partial charge in [0.05, 0.1) is 0 Å². The lowest BCUT2D eigenvalue weighted by atomic mass is 10.0. The Kier molecular flexibility index (Phi) is 2.45. The van der Waals surface area contributed by atoms with Crippen molar-refractivity contribution < 1.29 is 0 Å². The first-order chi connectivity index (χ1) is 8.33. The SMILES string of the molecule is Cc1ccc(Cc2cccc3cc[nH]c23)cc1. The van der Waals surface area contributed by atoms with Crippen LogP contribution in [0.5, 0.6) is 0 Å². The van der Waals surface area contributed by atoms with Crippen LogP contribution in [0.3, 0.4) is 0 Å². The van der Waals surface area contributed by atoms with Gasteiger partial charge in [-0.15, -0.1) is 0 Å². The van der Waals surface area contributed by atoms with Crippen LogP contribution in [0.15, 0.2) is 54.7 Å². The molecule has 0 atom stereocenters. The topological polar surface area (TPSA) is 15.8 Å². The van der Waals surface area contributed by atoms with E-state index in [-0.39, 0.29) is 0 Å². The fourth-order valence-electron chi connectivity index (χ4n) is 2.22. The third-order valence-electron chi connectivity index (χ3n) is 3.19. The van der Waals surface area contributed by atoms with Gasteiger partial charge in [0, 0.05) is 11.7 Å². The number of hydrogen-bond donors (Lipinski definition) is 1. The number of aromatic nitrogens is 1. The summed E-state index contributed by atoms with van der Waals surface area (Å²) in [4.78, 5) is 3.32. The molecule has 2 aromatic carbocycles. The Labute approximate surface area is 101 Å². The van der Waals surface area contributed by atoms with E-state index < -0.39 is 0 Å². The average Bonchev–Trinajstić information content (AvgIpc) is 2.81. The molecule has 0 amide bonds. The van der Waals surface area contributed by atoms with Gasteiger partial charge in [-0.2, -0.15) is 0 Å². The first-order valence-corrected chi connectivity index (χ1v) is 5.93. The number of para-hydroxylation sites is 1. The van der Waals surface area contributed by atoms with E-state index >= 15 is 0 Å². The van der Waals surface area contributed by atoms with E-state index in [0.29, 0.717) is 0 Å². The van der Waals surface area contributed by atoms with E-state index in [9.17, 15) is 0 Å². The molecule has 0 aliphatic carbocycles. The Morgan fingerprint density at radius 2 is 1.76 bits per heavy atom. The lowest BCUT2D eigenvalue weighted by Gasteiger charge is -2.04. The molecule has 0 aliphatic rings. The molecule has 3 rings (SSSR count). The average molecular weight is 221 g/mol. The highest BCUT2D eigenvalue weighted by molar-refractivity contribution is 5.82. The second kappa shape index (κ2) is 4.10. The normalized spacial score (nSPS) is 10.9. The Bertz CT molecular complexity index is 632. The summed E-state index contributed by atoms with van der Waals surface area (Å²) in [6.45, 7) is 2.12. The van der Waals surface area contributed by atoms with E-state index in [1.165, 1.54) is 27.6 Å². The van der Waals surface area contributed by atoms with Crippen molar-refractivity contribution in [3.63, 3.8) is 0 Å². The quantitative estimate of drug-likeness (QED) is 0.671. The first-order valence-electron chi connectivity index (χ1n) is 5.93. The first kappa shape index (κ1) is 10.2. The highest BCUT2D eigenvalue weighted by atomic mass is 14.7. The lowest BCUT2D eigenvalue weighted by molar-refractivity contribution is 1.19. The molecule has 1 aromatic heterocycles. The maximum absolute atomic E-state index is 3.32. The maximum atomic E-state index is 3.32. The van der Waals surface area contributed by atoms with Crippen molar-refractivity contribution in [2.75, 3.05) is 0 Å². The molecule has 1 heteroatoms. The molecule has 3 aromatic rings. The number of H-pyrrole nitrogens is 1. The molecule has 0 fully saturated rings. The molecule has 0 radical (unpaired) electrons. The standard InChI is InChI=1S/C16H15N/c1-12-5-7-13(8-6-12)11-15-4-2-3-14-9-10-17-16(14)15/h2-10,17H,11H2,1H3. The van der Waals surface area contributed by atoms with Crippen LogP contribution in [0.25, 0.3) is 10.9 Å². The van der Waals surface area contributed by atoms with Gasteiger partial charge in [0.25, 0.3) is 0 Å². The van der Waals surface area contributed by atoms with Crippen molar-refractivity contribution >= 4 is 10.9 Å². The van der Waals surface area contributed by atoms with Crippen LogP contribution < -0.4 is 0 Å². The van der Waals surface area contributed by atoms with Gasteiger partial charge in [-0.1, -0.05) is 48.0 Å². The third kappa shape index (κ3) is 1.96. The molecular formula is C16H15N. The van der Waals surface area contributed by atoms with E-state index in [1.54, 1.807) is 0 Å². The number of aromatic amines is 1. The number of rotatable bonds is 2. The lowest BCUT2D eigenvalue weighted by Crippen LogP contribution is -1.89. The number of benzene rings is 2. The minimum Gasteiger partial charge on any atom is -0.361 e. The van der Waals surface area contributed by atoms with E-state index in [4.69, 9.17) is 0 Å². The predicted octanol–water partition coefficient (Wildman–Crippen LogP) is 4.07. The monoisotopic (exact) mass is 221 g/mol. The van der Waals surface area contributed by atoms with Crippen LogP contribution in [0.2, 0.25) is 0 Å². The van der Waals surface area contributed by atoms with Crippen molar-refractivity contribution in [3.8, 4) is 0 Å². The molecule has 1 N–H and O–H groups in total.